The van der Waals surface area contributed by atoms with Crippen LogP contribution in [0.1, 0.15) is 19.3 Å². The zero-order chi connectivity index (χ0) is 29.5. The summed E-state index contributed by atoms with van der Waals surface area (Å²) in [5, 5.41) is 10.5. The van der Waals surface area contributed by atoms with Gasteiger partial charge in [0.15, 0.2) is 11.5 Å². The van der Waals surface area contributed by atoms with Gasteiger partial charge in [-0.1, -0.05) is 23.7 Å². The molecule has 1 saturated heterocycles. The second-order valence-electron chi connectivity index (χ2n) is 9.84. The second kappa shape index (κ2) is 13.8. The summed E-state index contributed by atoms with van der Waals surface area (Å²) in [5.41, 5.74) is 1.60. The zero-order valence-corrected chi connectivity index (χ0v) is 24.9. The third-order valence-corrected chi connectivity index (χ3v) is 7.39. The topological polar surface area (TPSA) is 124 Å². The van der Waals surface area contributed by atoms with Crippen molar-refractivity contribution in [1.29, 1.82) is 0 Å². The van der Waals surface area contributed by atoms with Crippen LogP contribution in [-0.4, -0.2) is 48.6 Å². The molecule has 1 fully saturated rings. The van der Waals surface area contributed by atoms with E-state index in [1.807, 2.05) is 24.3 Å². The number of fused-ring (bicyclic) bond motifs is 1. The molecule has 0 spiro atoms. The molecule has 0 saturated carbocycles. The highest BCUT2D eigenvalue weighted by Gasteiger charge is 2.18. The molecule has 1 aliphatic heterocycles. The van der Waals surface area contributed by atoms with Crippen molar-refractivity contribution in [2.45, 2.75) is 19.3 Å². The molecule has 10 nitrogen and oxygen atoms in total. The fraction of sp³-hybridized carbons (Fsp3) is 0.267. The molecule has 3 N–H and O–H groups in total. The molecule has 0 aliphatic carbocycles. The maximum absolute atomic E-state index is 12.4. The molecule has 5 rings (SSSR count). The SMILES string of the molecule is COc1cc2c(Oc3ncc(NC(=O)CC(=O)Nc4ccc(P)cc4)cc3Cl)ccnc2cc1OCC1CCNCC1. The van der Waals surface area contributed by atoms with Gasteiger partial charge < -0.3 is 30.2 Å². The molecule has 2 amide bonds. The van der Waals surface area contributed by atoms with E-state index in [2.05, 4.69) is 35.2 Å². The Balaban J connectivity index is 1.24. The van der Waals surface area contributed by atoms with E-state index in [1.54, 1.807) is 31.5 Å². The monoisotopic (exact) mass is 607 g/mol. The maximum Gasteiger partial charge on any atom is 0.238 e. The fourth-order valence-corrected chi connectivity index (χ4v) is 4.94. The summed E-state index contributed by atoms with van der Waals surface area (Å²) in [6, 6.07) is 14.1. The Bertz CT molecular complexity index is 1580. The second-order valence-corrected chi connectivity index (χ2v) is 10.9. The van der Waals surface area contributed by atoms with Crippen molar-refractivity contribution in [2.75, 3.05) is 37.4 Å². The van der Waals surface area contributed by atoms with Crippen LogP contribution in [0.25, 0.3) is 10.9 Å². The molecule has 3 heterocycles. The summed E-state index contributed by atoms with van der Waals surface area (Å²) >= 11 is 6.45. The lowest BCUT2D eigenvalue weighted by Gasteiger charge is -2.23. The van der Waals surface area contributed by atoms with Crippen LogP contribution in [0.4, 0.5) is 11.4 Å². The average molecular weight is 608 g/mol. The highest BCUT2D eigenvalue weighted by molar-refractivity contribution is 7.27. The molecule has 1 aliphatic rings. The Kier molecular flexibility index (Phi) is 9.69. The molecule has 218 valence electrons. The van der Waals surface area contributed by atoms with Gasteiger partial charge in [-0.2, -0.15) is 0 Å². The number of methoxy groups -OCH3 is 1. The van der Waals surface area contributed by atoms with Crippen molar-refractivity contribution in [3.05, 3.63) is 65.9 Å². The largest absolute Gasteiger partial charge is 0.493 e. The third kappa shape index (κ3) is 7.64. The molecular weight excluding hydrogens is 577 g/mol. The Morgan fingerprint density at radius 1 is 0.976 bits per heavy atom. The average Bonchev–Trinajstić information content (AvgIpc) is 2.98. The van der Waals surface area contributed by atoms with Crippen molar-refractivity contribution in [3.63, 3.8) is 0 Å². The van der Waals surface area contributed by atoms with Crippen LogP contribution in [0.5, 0.6) is 23.1 Å². The Labute approximate surface area is 250 Å². The van der Waals surface area contributed by atoms with Crippen LogP contribution in [0.15, 0.2) is 60.9 Å². The number of nitrogens with zero attached hydrogens (tertiary/aromatic N) is 2. The lowest BCUT2D eigenvalue weighted by atomic mass is 9.99. The van der Waals surface area contributed by atoms with Crippen molar-refractivity contribution in [1.82, 2.24) is 15.3 Å². The number of pyridine rings is 2. The van der Waals surface area contributed by atoms with Gasteiger partial charge in [0.2, 0.25) is 17.7 Å². The lowest BCUT2D eigenvalue weighted by Crippen LogP contribution is -2.30. The molecular formula is C30H31ClN5O5P. The number of hydrogen-bond acceptors (Lipinski definition) is 8. The van der Waals surface area contributed by atoms with Gasteiger partial charge in [-0.3, -0.25) is 14.6 Å². The summed E-state index contributed by atoms with van der Waals surface area (Å²) in [5.74, 6) is 1.34. The standard InChI is InChI=1S/C30H31ClN5O5P/c1-39-26-13-22-24(14-27(26)40-17-18-6-9-32-10-7-18)33-11-8-25(22)41-30-23(31)12-20(16-34-30)36-29(38)15-28(37)35-19-2-4-21(42)5-3-19/h2-5,8,11-14,16,18,32H,6-7,9-10,15,17,42H2,1H3,(H,35,37)(H,36,38). The number of carbonyl (C=O) groups excluding carboxylic acids is 2. The number of benzene rings is 2. The molecule has 2 aromatic heterocycles. The van der Waals surface area contributed by atoms with Crippen molar-refractivity contribution in [2.24, 2.45) is 5.92 Å². The van der Waals surface area contributed by atoms with E-state index < -0.39 is 11.8 Å². The first-order valence-corrected chi connectivity index (χ1v) is 14.4. The number of anilines is 2. The highest BCUT2D eigenvalue weighted by atomic mass is 35.5. The van der Waals surface area contributed by atoms with Gasteiger partial charge in [0, 0.05) is 23.3 Å². The fourth-order valence-electron chi connectivity index (χ4n) is 4.54. The van der Waals surface area contributed by atoms with E-state index in [1.165, 1.54) is 12.3 Å². The number of amides is 2. The molecule has 1 atom stereocenters. The first-order valence-electron chi connectivity index (χ1n) is 13.5. The van der Waals surface area contributed by atoms with E-state index in [0.29, 0.717) is 52.1 Å². The maximum atomic E-state index is 12.4. The normalized spacial score (nSPS) is 13.4. The summed E-state index contributed by atoms with van der Waals surface area (Å²) < 4.78 is 17.8. The first-order chi connectivity index (χ1) is 20.4. The Morgan fingerprint density at radius 3 is 2.43 bits per heavy atom. The minimum absolute atomic E-state index is 0.141. The number of hydrogen-bond donors (Lipinski definition) is 3. The third-order valence-electron chi connectivity index (χ3n) is 6.73. The van der Waals surface area contributed by atoms with Crippen LogP contribution in [0, 0.1) is 5.92 Å². The van der Waals surface area contributed by atoms with Crippen LogP contribution in [0.2, 0.25) is 5.02 Å². The molecule has 4 aromatic rings. The Morgan fingerprint density at radius 2 is 1.71 bits per heavy atom. The molecule has 0 bridgehead atoms. The van der Waals surface area contributed by atoms with Gasteiger partial charge in [-0.15, -0.1) is 9.24 Å². The summed E-state index contributed by atoms with van der Waals surface area (Å²) in [7, 11) is 4.16. The Hall–Kier alpha value is -3.98. The number of nitrogens with one attached hydrogen (secondary N) is 3. The minimum Gasteiger partial charge on any atom is -0.493 e. The summed E-state index contributed by atoms with van der Waals surface area (Å²) in [6.07, 6.45) is 4.82. The molecule has 42 heavy (non-hydrogen) atoms. The molecule has 2 aromatic carbocycles. The number of rotatable bonds is 10. The quantitative estimate of drug-likeness (QED) is 0.171. The number of halogens is 1. The minimum atomic E-state index is -0.507. The van der Waals surface area contributed by atoms with Crippen molar-refractivity contribution < 1.29 is 23.8 Å². The predicted octanol–water partition coefficient (Wildman–Crippen LogP) is 4.93. The highest BCUT2D eigenvalue weighted by Crippen LogP contribution is 2.38. The van der Waals surface area contributed by atoms with E-state index in [-0.39, 0.29) is 17.3 Å². The van der Waals surface area contributed by atoms with E-state index in [4.69, 9.17) is 25.8 Å². The van der Waals surface area contributed by atoms with Gasteiger partial charge in [-0.25, -0.2) is 4.98 Å². The summed E-state index contributed by atoms with van der Waals surface area (Å²) in [4.78, 5) is 33.4. The van der Waals surface area contributed by atoms with E-state index >= 15 is 0 Å². The first kappa shape index (κ1) is 29.5. The van der Waals surface area contributed by atoms with Gasteiger partial charge in [0.05, 0.1) is 31.1 Å². The predicted molar refractivity (Wildman–Crippen MR) is 166 cm³/mol. The van der Waals surface area contributed by atoms with Gasteiger partial charge in [0.1, 0.15) is 17.2 Å². The van der Waals surface area contributed by atoms with Crippen LogP contribution in [-0.2, 0) is 9.59 Å². The number of carbonyl (C=O) groups is 2. The van der Waals surface area contributed by atoms with Gasteiger partial charge >= 0.3 is 0 Å². The van der Waals surface area contributed by atoms with E-state index in [0.717, 1.165) is 31.2 Å². The van der Waals surface area contributed by atoms with E-state index in [9.17, 15) is 9.59 Å². The number of ether oxygens (including phenoxy) is 3. The van der Waals surface area contributed by atoms with Crippen LogP contribution >= 0.6 is 20.8 Å². The van der Waals surface area contributed by atoms with Crippen molar-refractivity contribution >= 4 is 60.2 Å². The van der Waals surface area contributed by atoms with Gasteiger partial charge in [-0.05, 0) is 67.5 Å². The number of aromatic nitrogens is 2. The van der Waals surface area contributed by atoms with Crippen molar-refractivity contribution in [3.8, 4) is 23.1 Å². The molecule has 0 radical (unpaired) electrons. The zero-order valence-electron chi connectivity index (χ0n) is 23.0. The smallest absolute Gasteiger partial charge is 0.238 e. The molecule has 12 heteroatoms. The number of piperidine rings is 1. The van der Waals surface area contributed by atoms with Crippen LogP contribution < -0.4 is 35.5 Å². The summed E-state index contributed by atoms with van der Waals surface area (Å²) in [6.45, 7) is 2.61. The van der Waals surface area contributed by atoms with Gasteiger partial charge in [0.25, 0.3) is 0 Å². The lowest BCUT2D eigenvalue weighted by molar-refractivity contribution is -0.123. The molecule has 1 unspecified atom stereocenters. The van der Waals surface area contributed by atoms with Crippen LogP contribution in [0.3, 0.4) is 0 Å².